The van der Waals surface area contributed by atoms with Gasteiger partial charge in [0.05, 0.1) is 6.20 Å². The van der Waals surface area contributed by atoms with Crippen molar-refractivity contribution in [2.24, 2.45) is 18.9 Å². The molecular weight excluding hydrogens is 222 g/mol. The van der Waals surface area contributed by atoms with E-state index in [1.807, 2.05) is 11.7 Å². The van der Waals surface area contributed by atoms with E-state index >= 15 is 0 Å². The molecule has 0 aromatic carbocycles. The minimum Gasteiger partial charge on any atom is -0.310 e. The minimum atomic E-state index is 0.496. The SMILES string of the molecule is CCNC(c1cnn(C)c1C)C1CCC(C)CC1. The van der Waals surface area contributed by atoms with Crippen molar-refractivity contribution in [1.29, 1.82) is 0 Å². The highest BCUT2D eigenvalue weighted by Gasteiger charge is 2.28. The maximum atomic E-state index is 4.41. The van der Waals surface area contributed by atoms with Gasteiger partial charge >= 0.3 is 0 Å². The summed E-state index contributed by atoms with van der Waals surface area (Å²) in [5.74, 6) is 1.70. The van der Waals surface area contributed by atoms with Gasteiger partial charge in [-0.05, 0) is 38.1 Å². The third-order valence-electron chi connectivity index (χ3n) is 4.56. The van der Waals surface area contributed by atoms with E-state index in [2.05, 4.69) is 37.4 Å². The Morgan fingerprint density at radius 2 is 2.06 bits per heavy atom. The molecule has 18 heavy (non-hydrogen) atoms. The summed E-state index contributed by atoms with van der Waals surface area (Å²) in [4.78, 5) is 0. The Bertz CT molecular complexity index is 375. The molecule has 2 rings (SSSR count). The van der Waals surface area contributed by atoms with Gasteiger partial charge in [-0.1, -0.05) is 26.7 Å². The fourth-order valence-electron chi connectivity index (χ4n) is 3.19. The normalized spacial score (nSPS) is 26.2. The Morgan fingerprint density at radius 3 is 2.56 bits per heavy atom. The highest BCUT2D eigenvalue weighted by Crippen LogP contribution is 2.37. The molecular formula is C15H27N3. The van der Waals surface area contributed by atoms with Crippen LogP contribution in [0.15, 0.2) is 6.20 Å². The summed E-state index contributed by atoms with van der Waals surface area (Å²) in [5.41, 5.74) is 2.71. The summed E-state index contributed by atoms with van der Waals surface area (Å²) >= 11 is 0. The van der Waals surface area contributed by atoms with Crippen LogP contribution in [-0.4, -0.2) is 16.3 Å². The van der Waals surface area contributed by atoms with Crippen molar-refractivity contribution in [1.82, 2.24) is 15.1 Å². The summed E-state index contributed by atoms with van der Waals surface area (Å²) in [6, 6.07) is 0.496. The first-order valence-electron chi connectivity index (χ1n) is 7.35. The molecule has 102 valence electrons. The average Bonchev–Trinajstić information content (AvgIpc) is 2.69. The molecule has 0 bridgehead atoms. The number of hydrogen-bond donors (Lipinski definition) is 1. The van der Waals surface area contributed by atoms with E-state index in [1.165, 1.54) is 36.9 Å². The molecule has 3 heteroatoms. The van der Waals surface area contributed by atoms with Gasteiger partial charge in [0.25, 0.3) is 0 Å². The lowest BCUT2D eigenvalue weighted by Crippen LogP contribution is -2.31. The average molecular weight is 249 g/mol. The van der Waals surface area contributed by atoms with E-state index in [-0.39, 0.29) is 0 Å². The van der Waals surface area contributed by atoms with Crippen LogP contribution in [0.25, 0.3) is 0 Å². The number of nitrogens with zero attached hydrogens (tertiary/aromatic N) is 2. The number of aryl methyl sites for hydroxylation is 1. The second-order valence-corrected chi connectivity index (χ2v) is 5.86. The lowest BCUT2D eigenvalue weighted by molar-refractivity contribution is 0.232. The van der Waals surface area contributed by atoms with E-state index in [1.54, 1.807) is 0 Å². The first kappa shape index (κ1) is 13.6. The van der Waals surface area contributed by atoms with Crippen LogP contribution in [0.2, 0.25) is 0 Å². The van der Waals surface area contributed by atoms with E-state index in [4.69, 9.17) is 0 Å². The van der Waals surface area contributed by atoms with E-state index in [0.29, 0.717) is 6.04 Å². The van der Waals surface area contributed by atoms with Crippen LogP contribution in [0.1, 0.15) is 56.8 Å². The molecule has 1 aromatic rings. The summed E-state index contributed by atoms with van der Waals surface area (Å²) in [6.07, 6.45) is 7.53. The summed E-state index contributed by atoms with van der Waals surface area (Å²) in [6.45, 7) is 7.79. The zero-order valence-electron chi connectivity index (χ0n) is 12.2. The van der Waals surface area contributed by atoms with Crippen molar-refractivity contribution in [2.75, 3.05) is 6.54 Å². The first-order chi connectivity index (χ1) is 8.63. The second kappa shape index (κ2) is 5.87. The number of hydrogen-bond acceptors (Lipinski definition) is 2. The summed E-state index contributed by atoms with van der Waals surface area (Å²) in [5, 5.41) is 8.09. The quantitative estimate of drug-likeness (QED) is 0.888. The second-order valence-electron chi connectivity index (χ2n) is 5.86. The van der Waals surface area contributed by atoms with Crippen LogP contribution in [-0.2, 0) is 7.05 Å². The predicted octanol–water partition coefficient (Wildman–Crippen LogP) is 3.21. The van der Waals surface area contributed by atoms with Crippen molar-refractivity contribution in [2.45, 2.75) is 52.5 Å². The van der Waals surface area contributed by atoms with Crippen molar-refractivity contribution in [3.05, 3.63) is 17.5 Å². The lowest BCUT2D eigenvalue weighted by Gasteiger charge is -2.33. The van der Waals surface area contributed by atoms with Crippen LogP contribution >= 0.6 is 0 Å². The molecule has 1 aliphatic carbocycles. The Morgan fingerprint density at radius 1 is 1.39 bits per heavy atom. The van der Waals surface area contributed by atoms with Gasteiger partial charge in [-0.3, -0.25) is 4.68 Å². The summed E-state index contributed by atoms with van der Waals surface area (Å²) < 4.78 is 1.99. The third kappa shape index (κ3) is 2.77. The van der Waals surface area contributed by atoms with Crippen LogP contribution in [0.3, 0.4) is 0 Å². The lowest BCUT2D eigenvalue weighted by atomic mass is 9.77. The molecule has 0 amide bonds. The van der Waals surface area contributed by atoms with Gasteiger partial charge in [-0.2, -0.15) is 5.10 Å². The van der Waals surface area contributed by atoms with Gasteiger partial charge in [0.1, 0.15) is 0 Å². The van der Waals surface area contributed by atoms with Crippen molar-refractivity contribution in [3.63, 3.8) is 0 Å². The van der Waals surface area contributed by atoms with Crippen molar-refractivity contribution in [3.8, 4) is 0 Å². The Kier molecular flexibility index (Phi) is 4.44. The van der Waals surface area contributed by atoms with Crippen molar-refractivity contribution < 1.29 is 0 Å². The smallest absolute Gasteiger partial charge is 0.0540 e. The molecule has 1 heterocycles. The molecule has 1 fully saturated rings. The molecule has 1 aliphatic rings. The number of nitrogens with one attached hydrogen (secondary N) is 1. The van der Waals surface area contributed by atoms with Crippen LogP contribution < -0.4 is 5.32 Å². The molecule has 0 saturated heterocycles. The number of aromatic nitrogens is 2. The Labute approximate surface area is 111 Å². The third-order valence-corrected chi connectivity index (χ3v) is 4.56. The standard InChI is InChI=1S/C15H27N3/c1-5-16-15(13-8-6-11(2)7-9-13)14-10-17-18(4)12(14)3/h10-11,13,15-16H,5-9H2,1-4H3. The van der Waals surface area contributed by atoms with Gasteiger partial charge in [0.2, 0.25) is 0 Å². The fourth-order valence-corrected chi connectivity index (χ4v) is 3.19. The van der Waals surface area contributed by atoms with Gasteiger partial charge in [-0.15, -0.1) is 0 Å². The van der Waals surface area contributed by atoms with Gasteiger partial charge in [-0.25, -0.2) is 0 Å². The highest BCUT2D eigenvalue weighted by atomic mass is 15.3. The Hall–Kier alpha value is -0.830. The fraction of sp³-hybridized carbons (Fsp3) is 0.800. The zero-order valence-corrected chi connectivity index (χ0v) is 12.2. The van der Waals surface area contributed by atoms with Crippen molar-refractivity contribution >= 4 is 0 Å². The molecule has 0 spiro atoms. The molecule has 0 aliphatic heterocycles. The predicted molar refractivity (Wildman–Crippen MR) is 75.5 cm³/mol. The molecule has 1 aromatic heterocycles. The number of rotatable bonds is 4. The van der Waals surface area contributed by atoms with Gasteiger partial charge < -0.3 is 5.32 Å². The zero-order chi connectivity index (χ0) is 13.1. The largest absolute Gasteiger partial charge is 0.310 e. The Balaban J connectivity index is 2.15. The maximum Gasteiger partial charge on any atom is 0.0540 e. The topological polar surface area (TPSA) is 29.9 Å². The molecule has 1 unspecified atom stereocenters. The maximum absolute atomic E-state index is 4.41. The van der Waals surface area contributed by atoms with Crippen LogP contribution in [0.4, 0.5) is 0 Å². The van der Waals surface area contributed by atoms with E-state index in [0.717, 1.165) is 18.4 Å². The molecule has 0 radical (unpaired) electrons. The molecule has 1 atom stereocenters. The van der Waals surface area contributed by atoms with Crippen LogP contribution in [0.5, 0.6) is 0 Å². The molecule has 1 saturated carbocycles. The minimum absolute atomic E-state index is 0.496. The first-order valence-corrected chi connectivity index (χ1v) is 7.35. The van der Waals surface area contributed by atoms with Gasteiger partial charge in [0, 0.05) is 24.3 Å². The van der Waals surface area contributed by atoms with Gasteiger partial charge in [0.15, 0.2) is 0 Å². The van der Waals surface area contributed by atoms with E-state index < -0.39 is 0 Å². The monoisotopic (exact) mass is 249 g/mol. The highest BCUT2D eigenvalue weighted by molar-refractivity contribution is 5.21. The van der Waals surface area contributed by atoms with Crippen LogP contribution in [0, 0.1) is 18.8 Å². The molecule has 1 N–H and O–H groups in total. The summed E-state index contributed by atoms with van der Waals surface area (Å²) in [7, 11) is 2.03. The molecule has 3 nitrogen and oxygen atoms in total. The van der Waals surface area contributed by atoms with E-state index in [9.17, 15) is 0 Å².